The molecular weight excluding hydrogens is 188 g/mol. The Morgan fingerprint density at radius 2 is 2.07 bits per heavy atom. The summed E-state index contributed by atoms with van der Waals surface area (Å²) in [5.41, 5.74) is 1.52. The molecule has 3 nitrogen and oxygen atoms in total. The fraction of sp³-hybridized carbons (Fsp3) is 0.417. The average Bonchev–Trinajstić information content (AvgIpc) is 2.18. The Morgan fingerprint density at radius 1 is 1.47 bits per heavy atom. The lowest BCUT2D eigenvalue weighted by Crippen LogP contribution is -2.29. The Bertz CT molecular complexity index is 277. The zero-order chi connectivity index (χ0) is 11.8. The van der Waals surface area contributed by atoms with Gasteiger partial charge in [0.15, 0.2) is 0 Å². The summed E-state index contributed by atoms with van der Waals surface area (Å²) in [6.07, 6.45) is 6.42. The SMILES string of the molecule is C=C(NC=O)/C(=C\C=C/C)N(C)C(C)C. The van der Waals surface area contributed by atoms with Crippen LogP contribution in [0.2, 0.25) is 0 Å². The van der Waals surface area contributed by atoms with Crippen LogP contribution in [0.5, 0.6) is 0 Å². The third-order valence-electron chi connectivity index (χ3n) is 2.14. The van der Waals surface area contributed by atoms with Crippen LogP contribution in [0.3, 0.4) is 0 Å². The van der Waals surface area contributed by atoms with E-state index < -0.39 is 0 Å². The van der Waals surface area contributed by atoms with Gasteiger partial charge in [0, 0.05) is 13.1 Å². The topological polar surface area (TPSA) is 32.3 Å². The van der Waals surface area contributed by atoms with E-state index in [1.807, 2.05) is 32.2 Å². The Labute approximate surface area is 92.2 Å². The van der Waals surface area contributed by atoms with Gasteiger partial charge in [-0.3, -0.25) is 4.79 Å². The Kier molecular flexibility index (Phi) is 6.18. The van der Waals surface area contributed by atoms with Crippen LogP contribution in [0.15, 0.2) is 36.2 Å². The molecular formula is C12H20N2O. The minimum atomic E-state index is 0.353. The van der Waals surface area contributed by atoms with Crippen molar-refractivity contribution in [2.24, 2.45) is 0 Å². The van der Waals surface area contributed by atoms with E-state index in [9.17, 15) is 4.79 Å². The minimum absolute atomic E-state index is 0.353. The quantitative estimate of drug-likeness (QED) is 0.535. The summed E-state index contributed by atoms with van der Waals surface area (Å²) in [5.74, 6) is 0. The van der Waals surface area contributed by atoms with Crippen molar-refractivity contribution < 1.29 is 4.79 Å². The Hall–Kier alpha value is -1.51. The number of amides is 1. The van der Waals surface area contributed by atoms with Gasteiger partial charge in [-0.05, 0) is 26.8 Å². The van der Waals surface area contributed by atoms with Crippen molar-refractivity contribution in [3.8, 4) is 0 Å². The van der Waals surface area contributed by atoms with Crippen LogP contribution in [-0.4, -0.2) is 24.4 Å². The molecule has 0 heterocycles. The van der Waals surface area contributed by atoms with E-state index in [1.54, 1.807) is 0 Å². The summed E-state index contributed by atoms with van der Waals surface area (Å²) in [6, 6.07) is 0.353. The molecule has 0 aliphatic carbocycles. The van der Waals surface area contributed by atoms with E-state index in [1.165, 1.54) is 0 Å². The molecule has 0 spiro atoms. The lowest BCUT2D eigenvalue weighted by molar-refractivity contribution is -0.108. The number of carbonyl (C=O) groups is 1. The van der Waals surface area contributed by atoms with Gasteiger partial charge in [0.2, 0.25) is 6.41 Å². The van der Waals surface area contributed by atoms with Gasteiger partial charge in [0.1, 0.15) is 0 Å². The molecule has 0 saturated heterocycles. The minimum Gasteiger partial charge on any atom is -0.371 e. The van der Waals surface area contributed by atoms with Crippen LogP contribution in [0.4, 0.5) is 0 Å². The molecule has 0 aliphatic heterocycles. The molecule has 0 fully saturated rings. The summed E-state index contributed by atoms with van der Waals surface area (Å²) in [4.78, 5) is 12.4. The number of rotatable bonds is 6. The summed E-state index contributed by atoms with van der Waals surface area (Å²) in [5, 5.41) is 2.57. The zero-order valence-corrected chi connectivity index (χ0v) is 9.95. The van der Waals surface area contributed by atoms with Crippen LogP contribution >= 0.6 is 0 Å². The summed E-state index contributed by atoms with van der Waals surface area (Å²) >= 11 is 0. The molecule has 0 aromatic carbocycles. The highest BCUT2D eigenvalue weighted by Crippen LogP contribution is 2.12. The average molecular weight is 208 g/mol. The highest BCUT2D eigenvalue weighted by atomic mass is 16.1. The molecule has 0 saturated carbocycles. The van der Waals surface area contributed by atoms with E-state index in [4.69, 9.17) is 0 Å². The first-order valence-electron chi connectivity index (χ1n) is 4.99. The maximum atomic E-state index is 10.4. The van der Waals surface area contributed by atoms with Crippen LogP contribution in [0.25, 0.3) is 0 Å². The number of carbonyl (C=O) groups excluding carboxylic acids is 1. The fourth-order valence-corrected chi connectivity index (χ4v) is 1.04. The van der Waals surface area contributed by atoms with Gasteiger partial charge in [-0.1, -0.05) is 18.7 Å². The smallest absolute Gasteiger partial charge is 0.211 e. The van der Waals surface area contributed by atoms with Crippen LogP contribution < -0.4 is 5.32 Å². The summed E-state index contributed by atoms with van der Waals surface area (Å²) in [7, 11) is 1.97. The molecule has 0 bridgehead atoms. The van der Waals surface area contributed by atoms with Gasteiger partial charge in [-0.25, -0.2) is 0 Å². The largest absolute Gasteiger partial charge is 0.371 e. The predicted octanol–water partition coefficient (Wildman–Crippen LogP) is 2.05. The fourth-order valence-electron chi connectivity index (χ4n) is 1.04. The molecule has 0 aliphatic rings. The van der Waals surface area contributed by atoms with Crippen molar-refractivity contribution in [1.82, 2.24) is 10.2 Å². The van der Waals surface area contributed by atoms with E-state index in [-0.39, 0.29) is 0 Å². The third-order valence-corrected chi connectivity index (χ3v) is 2.14. The molecule has 0 aromatic heterocycles. The Balaban J connectivity index is 4.88. The van der Waals surface area contributed by atoms with E-state index in [0.29, 0.717) is 18.1 Å². The molecule has 84 valence electrons. The number of hydrogen-bond donors (Lipinski definition) is 1. The molecule has 1 amide bonds. The molecule has 0 rings (SSSR count). The first-order chi connectivity index (χ1) is 7.04. The second kappa shape index (κ2) is 6.87. The molecule has 3 heteroatoms. The number of nitrogens with one attached hydrogen (secondary N) is 1. The molecule has 15 heavy (non-hydrogen) atoms. The van der Waals surface area contributed by atoms with Crippen molar-refractivity contribution in [3.05, 3.63) is 36.2 Å². The first kappa shape index (κ1) is 13.5. The lowest BCUT2D eigenvalue weighted by Gasteiger charge is -2.27. The van der Waals surface area contributed by atoms with E-state index >= 15 is 0 Å². The highest BCUT2D eigenvalue weighted by Gasteiger charge is 2.10. The molecule has 0 atom stereocenters. The number of nitrogens with zero attached hydrogens (tertiary/aromatic N) is 1. The van der Waals surface area contributed by atoms with Crippen molar-refractivity contribution in [1.29, 1.82) is 0 Å². The molecule has 1 N–H and O–H groups in total. The highest BCUT2D eigenvalue weighted by molar-refractivity contribution is 5.53. The van der Waals surface area contributed by atoms with Gasteiger partial charge >= 0.3 is 0 Å². The maximum Gasteiger partial charge on any atom is 0.211 e. The van der Waals surface area contributed by atoms with Crippen molar-refractivity contribution >= 4 is 6.41 Å². The standard InChI is InChI=1S/C12H20N2O/c1-6-7-8-12(11(4)13-9-15)14(5)10(2)3/h6-10H,4H2,1-3,5H3,(H,13,15)/b7-6-,12-8+. The van der Waals surface area contributed by atoms with Gasteiger partial charge in [0.05, 0.1) is 11.4 Å². The number of likely N-dealkylation sites (N-methyl/N-ethyl adjacent to an activating group) is 1. The van der Waals surface area contributed by atoms with Gasteiger partial charge < -0.3 is 10.2 Å². The van der Waals surface area contributed by atoms with Gasteiger partial charge in [0.25, 0.3) is 0 Å². The molecule has 0 radical (unpaired) electrons. The number of allylic oxidation sites excluding steroid dienone is 3. The maximum absolute atomic E-state index is 10.4. The van der Waals surface area contributed by atoms with Gasteiger partial charge in [-0.2, -0.15) is 0 Å². The van der Waals surface area contributed by atoms with Crippen molar-refractivity contribution in [3.63, 3.8) is 0 Å². The first-order valence-corrected chi connectivity index (χ1v) is 4.99. The molecule has 0 unspecified atom stereocenters. The van der Waals surface area contributed by atoms with E-state index in [0.717, 1.165) is 5.70 Å². The van der Waals surface area contributed by atoms with Gasteiger partial charge in [-0.15, -0.1) is 0 Å². The zero-order valence-electron chi connectivity index (χ0n) is 9.95. The number of hydrogen-bond acceptors (Lipinski definition) is 2. The predicted molar refractivity (Wildman–Crippen MR) is 64.1 cm³/mol. The molecule has 0 aromatic rings. The van der Waals surface area contributed by atoms with Crippen LogP contribution in [0, 0.1) is 0 Å². The summed E-state index contributed by atoms with van der Waals surface area (Å²) in [6.45, 7) is 9.92. The second-order valence-electron chi connectivity index (χ2n) is 3.52. The summed E-state index contributed by atoms with van der Waals surface area (Å²) < 4.78 is 0. The van der Waals surface area contributed by atoms with E-state index in [2.05, 4.69) is 30.6 Å². The van der Waals surface area contributed by atoms with Crippen molar-refractivity contribution in [2.75, 3.05) is 7.05 Å². The monoisotopic (exact) mass is 208 g/mol. The van der Waals surface area contributed by atoms with Crippen LogP contribution in [-0.2, 0) is 4.79 Å². The second-order valence-corrected chi connectivity index (χ2v) is 3.52. The Morgan fingerprint density at radius 3 is 2.47 bits per heavy atom. The van der Waals surface area contributed by atoms with Crippen molar-refractivity contribution in [2.45, 2.75) is 26.8 Å². The normalized spacial score (nSPS) is 11.9. The third kappa shape index (κ3) is 4.49. The van der Waals surface area contributed by atoms with Crippen LogP contribution in [0.1, 0.15) is 20.8 Å². The lowest BCUT2D eigenvalue weighted by atomic mass is 10.2.